The maximum absolute atomic E-state index is 5.55. The van der Waals surface area contributed by atoms with Gasteiger partial charge in [0.25, 0.3) is 0 Å². The molecule has 1 aromatic rings. The molecule has 1 saturated heterocycles. The van der Waals surface area contributed by atoms with E-state index in [1.807, 2.05) is 25.1 Å². The van der Waals surface area contributed by atoms with Crippen LogP contribution < -0.4 is 20.1 Å². The highest BCUT2D eigenvalue weighted by Gasteiger charge is 2.10. The summed E-state index contributed by atoms with van der Waals surface area (Å²) in [5, 5.41) is 6.74. The minimum Gasteiger partial charge on any atom is -0.493 e. The molecule has 2 rings (SSSR count). The SMILES string of the molecule is CCOc1ccc(CNC(=NC)NCCN2CCCCC2)cc1OC. The molecule has 0 radical (unpaired) electrons. The van der Waals surface area contributed by atoms with Crippen LogP contribution >= 0.6 is 0 Å². The van der Waals surface area contributed by atoms with E-state index < -0.39 is 0 Å². The monoisotopic (exact) mass is 348 g/mol. The lowest BCUT2D eigenvalue weighted by atomic mass is 10.1. The molecule has 1 aliphatic rings. The van der Waals surface area contributed by atoms with Gasteiger partial charge in [-0.3, -0.25) is 4.99 Å². The molecule has 1 aliphatic heterocycles. The third-order valence-electron chi connectivity index (χ3n) is 4.38. The fraction of sp³-hybridized carbons (Fsp3) is 0.632. The van der Waals surface area contributed by atoms with Gasteiger partial charge in [-0.25, -0.2) is 0 Å². The number of piperidine rings is 1. The zero-order chi connectivity index (χ0) is 17.9. The molecule has 0 bridgehead atoms. The van der Waals surface area contributed by atoms with Crippen LogP contribution in [-0.4, -0.2) is 57.8 Å². The Morgan fingerprint density at radius 2 is 1.96 bits per heavy atom. The van der Waals surface area contributed by atoms with Crippen LogP contribution in [0.1, 0.15) is 31.7 Å². The molecule has 140 valence electrons. The Hall–Kier alpha value is -1.95. The standard InChI is InChI=1S/C19H32N4O2/c1-4-25-17-9-8-16(14-18(17)24-3)15-22-19(20-2)21-10-13-23-11-6-5-7-12-23/h8-9,14H,4-7,10-13,15H2,1-3H3,(H2,20,21,22). The van der Waals surface area contributed by atoms with Crippen molar-refractivity contribution in [2.45, 2.75) is 32.7 Å². The van der Waals surface area contributed by atoms with E-state index in [-0.39, 0.29) is 0 Å². The number of likely N-dealkylation sites (tertiary alicyclic amines) is 1. The van der Waals surface area contributed by atoms with Gasteiger partial charge in [0.15, 0.2) is 17.5 Å². The van der Waals surface area contributed by atoms with Gasteiger partial charge in [-0.05, 0) is 50.6 Å². The first-order valence-corrected chi connectivity index (χ1v) is 9.23. The fourth-order valence-corrected chi connectivity index (χ4v) is 3.02. The zero-order valence-electron chi connectivity index (χ0n) is 15.8. The molecule has 0 aliphatic carbocycles. The second kappa shape index (κ2) is 10.8. The van der Waals surface area contributed by atoms with E-state index in [9.17, 15) is 0 Å². The van der Waals surface area contributed by atoms with Crippen molar-refractivity contribution < 1.29 is 9.47 Å². The van der Waals surface area contributed by atoms with Gasteiger partial charge >= 0.3 is 0 Å². The van der Waals surface area contributed by atoms with Gasteiger partial charge in [0.05, 0.1) is 13.7 Å². The molecule has 1 fully saturated rings. The van der Waals surface area contributed by atoms with E-state index in [0.29, 0.717) is 13.2 Å². The van der Waals surface area contributed by atoms with Gasteiger partial charge in [-0.2, -0.15) is 0 Å². The Morgan fingerprint density at radius 3 is 2.64 bits per heavy atom. The van der Waals surface area contributed by atoms with Gasteiger partial charge in [0, 0.05) is 26.7 Å². The molecule has 25 heavy (non-hydrogen) atoms. The van der Waals surface area contributed by atoms with Crippen LogP contribution in [0.25, 0.3) is 0 Å². The van der Waals surface area contributed by atoms with Crippen molar-refractivity contribution in [3.63, 3.8) is 0 Å². The predicted octanol–water partition coefficient (Wildman–Crippen LogP) is 2.24. The van der Waals surface area contributed by atoms with E-state index in [2.05, 4.69) is 20.5 Å². The molecule has 1 aromatic carbocycles. The van der Waals surface area contributed by atoms with Crippen molar-refractivity contribution in [2.75, 3.05) is 46.9 Å². The summed E-state index contributed by atoms with van der Waals surface area (Å²) in [7, 11) is 3.46. The highest BCUT2D eigenvalue weighted by molar-refractivity contribution is 5.79. The Kier molecular flexibility index (Phi) is 8.39. The van der Waals surface area contributed by atoms with Crippen LogP contribution in [0.15, 0.2) is 23.2 Å². The van der Waals surface area contributed by atoms with E-state index >= 15 is 0 Å². The molecule has 0 amide bonds. The van der Waals surface area contributed by atoms with E-state index in [4.69, 9.17) is 9.47 Å². The van der Waals surface area contributed by atoms with Crippen molar-refractivity contribution in [3.8, 4) is 11.5 Å². The highest BCUT2D eigenvalue weighted by Crippen LogP contribution is 2.27. The highest BCUT2D eigenvalue weighted by atomic mass is 16.5. The van der Waals surface area contributed by atoms with Crippen molar-refractivity contribution in [1.29, 1.82) is 0 Å². The molecule has 0 saturated carbocycles. The Labute approximate surface area is 151 Å². The first-order valence-electron chi connectivity index (χ1n) is 9.23. The number of aliphatic imine (C=N–C) groups is 1. The second-order valence-electron chi connectivity index (χ2n) is 6.17. The van der Waals surface area contributed by atoms with Gasteiger partial charge in [-0.15, -0.1) is 0 Å². The molecule has 6 heteroatoms. The topological polar surface area (TPSA) is 58.1 Å². The molecule has 2 N–H and O–H groups in total. The van der Waals surface area contributed by atoms with Gasteiger partial charge in [0.1, 0.15) is 0 Å². The average molecular weight is 348 g/mol. The molecule has 0 spiro atoms. The minimum atomic E-state index is 0.627. The van der Waals surface area contributed by atoms with Gasteiger partial charge in [-0.1, -0.05) is 12.5 Å². The van der Waals surface area contributed by atoms with Crippen LogP contribution in [0.4, 0.5) is 0 Å². The van der Waals surface area contributed by atoms with Crippen LogP contribution in [0.5, 0.6) is 11.5 Å². The molecule has 0 aromatic heterocycles. The molecule has 0 atom stereocenters. The second-order valence-corrected chi connectivity index (χ2v) is 6.17. The first kappa shape index (κ1) is 19.4. The van der Waals surface area contributed by atoms with Crippen LogP contribution in [0.2, 0.25) is 0 Å². The Bertz CT molecular complexity index is 542. The number of benzene rings is 1. The smallest absolute Gasteiger partial charge is 0.191 e. The Morgan fingerprint density at radius 1 is 1.16 bits per heavy atom. The normalized spacial score (nSPS) is 15.7. The van der Waals surface area contributed by atoms with E-state index in [1.54, 1.807) is 14.2 Å². The number of nitrogens with one attached hydrogen (secondary N) is 2. The molecule has 0 unspecified atom stereocenters. The molecule has 1 heterocycles. The summed E-state index contributed by atoms with van der Waals surface area (Å²) in [6.07, 6.45) is 4.03. The number of hydrogen-bond donors (Lipinski definition) is 2. The summed E-state index contributed by atoms with van der Waals surface area (Å²) in [5.41, 5.74) is 1.12. The number of guanidine groups is 1. The van der Waals surface area contributed by atoms with Gasteiger partial charge < -0.3 is 25.0 Å². The summed E-state index contributed by atoms with van der Waals surface area (Å²) in [5.74, 6) is 2.36. The van der Waals surface area contributed by atoms with Crippen molar-refractivity contribution >= 4 is 5.96 Å². The maximum atomic E-state index is 5.55. The largest absolute Gasteiger partial charge is 0.493 e. The lowest BCUT2D eigenvalue weighted by Crippen LogP contribution is -2.42. The van der Waals surface area contributed by atoms with E-state index in [1.165, 1.54) is 32.4 Å². The quantitative estimate of drug-likeness (QED) is 0.557. The number of methoxy groups -OCH3 is 1. The van der Waals surface area contributed by atoms with Crippen molar-refractivity contribution in [1.82, 2.24) is 15.5 Å². The number of ether oxygens (including phenoxy) is 2. The first-order chi connectivity index (χ1) is 12.3. The molecular formula is C19H32N4O2. The predicted molar refractivity (Wildman–Crippen MR) is 103 cm³/mol. The average Bonchev–Trinajstić information content (AvgIpc) is 2.66. The van der Waals surface area contributed by atoms with Crippen LogP contribution in [0.3, 0.4) is 0 Å². The van der Waals surface area contributed by atoms with Gasteiger partial charge in [0.2, 0.25) is 0 Å². The van der Waals surface area contributed by atoms with Crippen molar-refractivity contribution in [3.05, 3.63) is 23.8 Å². The summed E-state index contributed by atoms with van der Waals surface area (Å²) >= 11 is 0. The zero-order valence-corrected chi connectivity index (χ0v) is 15.8. The summed E-state index contributed by atoms with van der Waals surface area (Å²) in [6.45, 7) is 7.70. The van der Waals surface area contributed by atoms with E-state index in [0.717, 1.165) is 36.1 Å². The molecule has 6 nitrogen and oxygen atoms in total. The lowest BCUT2D eigenvalue weighted by molar-refractivity contribution is 0.232. The third-order valence-corrected chi connectivity index (χ3v) is 4.38. The maximum Gasteiger partial charge on any atom is 0.191 e. The van der Waals surface area contributed by atoms with Crippen LogP contribution in [0, 0.1) is 0 Å². The lowest BCUT2D eigenvalue weighted by Gasteiger charge is -2.26. The summed E-state index contributed by atoms with van der Waals surface area (Å²) in [6, 6.07) is 5.99. The molecular weight excluding hydrogens is 316 g/mol. The number of hydrogen-bond acceptors (Lipinski definition) is 4. The van der Waals surface area contributed by atoms with Crippen molar-refractivity contribution in [2.24, 2.45) is 4.99 Å². The number of rotatable bonds is 8. The van der Waals surface area contributed by atoms with Crippen LogP contribution in [-0.2, 0) is 6.54 Å². The summed E-state index contributed by atoms with van der Waals surface area (Å²) < 4.78 is 11.0. The number of nitrogens with zero attached hydrogens (tertiary/aromatic N) is 2. The minimum absolute atomic E-state index is 0.627. The third kappa shape index (κ3) is 6.46. The summed E-state index contributed by atoms with van der Waals surface area (Å²) in [4.78, 5) is 6.81. The Balaban J connectivity index is 1.77. The fourth-order valence-electron chi connectivity index (χ4n) is 3.02.